The van der Waals surface area contributed by atoms with Crippen LogP contribution < -0.4 is 16.2 Å². The van der Waals surface area contributed by atoms with Crippen molar-refractivity contribution < 1.29 is 4.79 Å². The molecule has 1 amide bonds. The Hall–Kier alpha value is -2.40. The number of nitrogens with two attached hydrogens (primary N) is 1. The Bertz CT molecular complexity index is 591. The smallest absolute Gasteiger partial charge is 0.258 e. The molecule has 0 radical (unpaired) electrons. The number of rotatable bonds is 5. The normalized spacial score (nSPS) is 10.2. The molecule has 0 spiro atoms. The minimum Gasteiger partial charge on any atom is -0.309 e. The van der Waals surface area contributed by atoms with Gasteiger partial charge >= 0.3 is 0 Å². The van der Waals surface area contributed by atoms with Crippen molar-refractivity contribution in [3.8, 4) is 0 Å². The lowest BCUT2D eigenvalue weighted by molar-refractivity contribution is 0.0988. The van der Waals surface area contributed by atoms with Crippen molar-refractivity contribution in [1.82, 2.24) is 4.98 Å². The van der Waals surface area contributed by atoms with Crippen LogP contribution in [0.1, 0.15) is 29.9 Å². The predicted molar refractivity (Wildman–Crippen MR) is 85.2 cm³/mol. The number of benzene rings is 1. The molecule has 0 aliphatic carbocycles. The third kappa shape index (κ3) is 3.38. The van der Waals surface area contributed by atoms with Crippen LogP contribution in [0.25, 0.3) is 0 Å². The fraction of sp³-hybridized carbons (Fsp3) is 0.250. The molecular formula is C16H20N4O. The van der Waals surface area contributed by atoms with Gasteiger partial charge in [0.2, 0.25) is 0 Å². The van der Waals surface area contributed by atoms with Crippen LogP contribution in [0, 0.1) is 0 Å². The Balaban J connectivity index is 2.38. The van der Waals surface area contributed by atoms with Crippen LogP contribution in [0.3, 0.4) is 0 Å². The van der Waals surface area contributed by atoms with E-state index < -0.39 is 0 Å². The summed E-state index contributed by atoms with van der Waals surface area (Å²) in [5.74, 6) is 5.87. The zero-order valence-corrected chi connectivity index (χ0v) is 12.3. The van der Waals surface area contributed by atoms with Gasteiger partial charge in [-0.2, -0.15) is 0 Å². The SMILES string of the molecule is CCc1cc(C(=O)N(CC)c2ccccc2)cc(NN)n1. The fourth-order valence-electron chi connectivity index (χ4n) is 2.17. The van der Waals surface area contributed by atoms with E-state index in [-0.39, 0.29) is 5.91 Å². The molecule has 0 aliphatic heterocycles. The summed E-state index contributed by atoms with van der Waals surface area (Å²) in [6, 6.07) is 13.1. The van der Waals surface area contributed by atoms with Gasteiger partial charge < -0.3 is 10.3 Å². The first kappa shape index (κ1) is 15.0. The van der Waals surface area contributed by atoms with Gasteiger partial charge in [0.1, 0.15) is 5.82 Å². The Labute approximate surface area is 124 Å². The number of amides is 1. The molecule has 1 aromatic carbocycles. The Kier molecular flexibility index (Phi) is 4.90. The van der Waals surface area contributed by atoms with Crippen LogP contribution in [0.5, 0.6) is 0 Å². The van der Waals surface area contributed by atoms with Gasteiger partial charge in [-0.3, -0.25) is 4.79 Å². The van der Waals surface area contributed by atoms with Gasteiger partial charge in [-0.15, -0.1) is 0 Å². The highest BCUT2D eigenvalue weighted by Crippen LogP contribution is 2.18. The van der Waals surface area contributed by atoms with Gasteiger partial charge in [0.25, 0.3) is 5.91 Å². The molecule has 3 N–H and O–H groups in total. The minimum absolute atomic E-state index is 0.0581. The molecule has 21 heavy (non-hydrogen) atoms. The minimum atomic E-state index is -0.0581. The molecular weight excluding hydrogens is 264 g/mol. The van der Waals surface area contributed by atoms with Crippen molar-refractivity contribution in [3.63, 3.8) is 0 Å². The fourth-order valence-corrected chi connectivity index (χ4v) is 2.17. The number of para-hydroxylation sites is 1. The number of hydrogen-bond acceptors (Lipinski definition) is 4. The highest BCUT2D eigenvalue weighted by atomic mass is 16.2. The van der Waals surface area contributed by atoms with Gasteiger partial charge in [-0.1, -0.05) is 25.1 Å². The number of aryl methyl sites for hydroxylation is 1. The molecule has 0 atom stereocenters. The second-order valence-electron chi connectivity index (χ2n) is 4.62. The number of pyridine rings is 1. The first-order chi connectivity index (χ1) is 10.2. The lowest BCUT2D eigenvalue weighted by atomic mass is 10.1. The van der Waals surface area contributed by atoms with Crippen molar-refractivity contribution >= 4 is 17.4 Å². The molecule has 1 heterocycles. The molecule has 0 bridgehead atoms. The second-order valence-corrected chi connectivity index (χ2v) is 4.62. The number of hydrazine groups is 1. The maximum atomic E-state index is 12.7. The Morgan fingerprint density at radius 3 is 2.52 bits per heavy atom. The second kappa shape index (κ2) is 6.85. The summed E-state index contributed by atoms with van der Waals surface area (Å²) in [5, 5.41) is 0. The molecule has 1 aromatic heterocycles. The molecule has 2 rings (SSSR count). The molecule has 2 aromatic rings. The van der Waals surface area contributed by atoms with Crippen molar-refractivity contribution in [2.24, 2.45) is 5.84 Å². The van der Waals surface area contributed by atoms with E-state index in [0.29, 0.717) is 17.9 Å². The van der Waals surface area contributed by atoms with Crippen LogP contribution in [-0.2, 0) is 6.42 Å². The molecule has 0 aliphatic rings. The first-order valence-corrected chi connectivity index (χ1v) is 7.04. The van der Waals surface area contributed by atoms with E-state index in [1.54, 1.807) is 11.0 Å². The van der Waals surface area contributed by atoms with Crippen LogP contribution in [0.2, 0.25) is 0 Å². The number of anilines is 2. The highest BCUT2D eigenvalue weighted by molar-refractivity contribution is 6.06. The first-order valence-electron chi connectivity index (χ1n) is 7.04. The van der Waals surface area contributed by atoms with Crippen molar-refractivity contribution in [3.05, 3.63) is 53.7 Å². The average molecular weight is 284 g/mol. The number of nitrogen functional groups attached to an aromatic ring is 1. The molecule has 0 fully saturated rings. The van der Waals surface area contributed by atoms with Gasteiger partial charge in [0.15, 0.2) is 0 Å². The number of carbonyl (C=O) groups excluding carboxylic acids is 1. The molecule has 110 valence electrons. The number of carbonyl (C=O) groups is 1. The molecule has 0 unspecified atom stereocenters. The Morgan fingerprint density at radius 2 is 1.95 bits per heavy atom. The third-order valence-electron chi connectivity index (χ3n) is 3.26. The quantitative estimate of drug-likeness (QED) is 0.654. The van der Waals surface area contributed by atoms with E-state index in [2.05, 4.69) is 10.4 Å². The molecule has 0 saturated carbocycles. The summed E-state index contributed by atoms with van der Waals surface area (Å²) < 4.78 is 0. The van der Waals surface area contributed by atoms with Crippen molar-refractivity contribution in [2.75, 3.05) is 16.9 Å². The topological polar surface area (TPSA) is 71.2 Å². The number of hydrogen-bond donors (Lipinski definition) is 2. The monoisotopic (exact) mass is 284 g/mol. The summed E-state index contributed by atoms with van der Waals surface area (Å²) >= 11 is 0. The number of aromatic nitrogens is 1. The highest BCUT2D eigenvalue weighted by Gasteiger charge is 2.17. The van der Waals surface area contributed by atoms with E-state index in [9.17, 15) is 4.79 Å². The van der Waals surface area contributed by atoms with E-state index in [0.717, 1.165) is 17.8 Å². The standard InChI is InChI=1S/C16H20N4O/c1-3-13-10-12(11-15(18-13)19-17)16(21)20(4-2)14-8-6-5-7-9-14/h5-11H,3-4,17H2,1-2H3,(H,18,19). The summed E-state index contributed by atoms with van der Waals surface area (Å²) in [7, 11) is 0. The van der Waals surface area contributed by atoms with Crippen LogP contribution in [-0.4, -0.2) is 17.4 Å². The van der Waals surface area contributed by atoms with Gasteiger partial charge in [0.05, 0.1) is 0 Å². The lowest BCUT2D eigenvalue weighted by Crippen LogP contribution is -2.31. The molecule has 5 heteroatoms. The maximum Gasteiger partial charge on any atom is 0.258 e. The van der Waals surface area contributed by atoms with Crippen LogP contribution in [0.4, 0.5) is 11.5 Å². The van der Waals surface area contributed by atoms with Gasteiger partial charge in [-0.25, -0.2) is 10.8 Å². The van der Waals surface area contributed by atoms with Gasteiger partial charge in [-0.05, 0) is 37.6 Å². The van der Waals surface area contributed by atoms with Crippen LogP contribution in [0.15, 0.2) is 42.5 Å². The lowest BCUT2D eigenvalue weighted by Gasteiger charge is -2.21. The largest absolute Gasteiger partial charge is 0.309 e. The van der Waals surface area contributed by atoms with Crippen LogP contribution >= 0.6 is 0 Å². The Morgan fingerprint density at radius 1 is 1.24 bits per heavy atom. The van der Waals surface area contributed by atoms with Crippen molar-refractivity contribution in [2.45, 2.75) is 20.3 Å². The average Bonchev–Trinajstić information content (AvgIpc) is 2.55. The summed E-state index contributed by atoms with van der Waals surface area (Å²) in [4.78, 5) is 18.8. The summed E-state index contributed by atoms with van der Waals surface area (Å²) in [6.07, 6.45) is 0.743. The number of nitrogens with one attached hydrogen (secondary N) is 1. The third-order valence-corrected chi connectivity index (χ3v) is 3.26. The summed E-state index contributed by atoms with van der Waals surface area (Å²) in [5.41, 5.74) is 4.80. The zero-order chi connectivity index (χ0) is 15.2. The summed E-state index contributed by atoms with van der Waals surface area (Å²) in [6.45, 7) is 4.54. The van der Waals surface area contributed by atoms with E-state index in [1.807, 2.05) is 50.2 Å². The van der Waals surface area contributed by atoms with Gasteiger partial charge in [0, 0.05) is 23.5 Å². The number of nitrogens with zero attached hydrogens (tertiary/aromatic N) is 2. The zero-order valence-electron chi connectivity index (χ0n) is 12.3. The molecule has 0 saturated heterocycles. The van der Waals surface area contributed by atoms with E-state index >= 15 is 0 Å². The predicted octanol–water partition coefficient (Wildman–Crippen LogP) is 2.60. The van der Waals surface area contributed by atoms with E-state index in [4.69, 9.17) is 5.84 Å². The van der Waals surface area contributed by atoms with E-state index in [1.165, 1.54) is 0 Å². The van der Waals surface area contributed by atoms with Crippen molar-refractivity contribution in [1.29, 1.82) is 0 Å². The maximum absolute atomic E-state index is 12.7. The molecule has 5 nitrogen and oxygen atoms in total.